The van der Waals surface area contributed by atoms with Crippen LogP contribution < -0.4 is 10.9 Å². The van der Waals surface area contributed by atoms with Crippen molar-refractivity contribution in [3.05, 3.63) is 98.8 Å². The molecule has 0 unspecified atom stereocenters. The van der Waals surface area contributed by atoms with E-state index in [4.69, 9.17) is 13.9 Å². The molecular weight excluding hydrogens is 518 g/mol. The average molecular weight is 538 g/mol. The molecule has 0 bridgehead atoms. The molecule has 0 spiro atoms. The number of thiazole rings is 1. The molecule has 9 nitrogen and oxygen atoms in total. The number of hydrogen-bond acceptors (Lipinski definition) is 10. The van der Waals surface area contributed by atoms with Crippen LogP contribution in [-0.4, -0.2) is 31.1 Å². The van der Waals surface area contributed by atoms with Crippen molar-refractivity contribution in [2.75, 3.05) is 19.5 Å². The fourth-order valence-electron chi connectivity index (χ4n) is 4.05. The first-order valence-electron chi connectivity index (χ1n) is 11.5. The SMILES string of the molecule is COC(=O)c1cc(N/C=C(\C#N)c2nc(-c3cc4c(ccc5ccccc54)oc3=O)cs2)cc(C(=O)OC)c1. The van der Waals surface area contributed by atoms with Crippen molar-refractivity contribution in [2.45, 2.75) is 0 Å². The summed E-state index contributed by atoms with van der Waals surface area (Å²) in [5, 5.41) is 17.5. The molecule has 0 saturated heterocycles. The largest absolute Gasteiger partial charge is 0.465 e. The lowest BCUT2D eigenvalue weighted by atomic mass is 10.0. The Kier molecular flexibility index (Phi) is 6.91. The third-order valence-electron chi connectivity index (χ3n) is 5.93. The summed E-state index contributed by atoms with van der Waals surface area (Å²) < 4.78 is 15.1. The second-order valence-electron chi connectivity index (χ2n) is 8.28. The van der Waals surface area contributed by atoms with Crippen molar-refractivity contribution >= 4 is 56.3 Å². The number of allylic oxidation sites excluding steroid dienone is 1. The Morgan fingerprint density at radius 2 is 1.72 bits per heavy atom. The molecule has 2 aromatic heterocycles. The van der Waals surface area contributed by atoms with Gasteiger partial charge in [0, 0.05) is 22.7 Å². The van der Waals surface area contributed by atoms with E-state index in [1.807, 2.05) is 30.3 Å². The highest BCUT2D eigenvalue weighted by molar-refractivity contribution is 7.11. The van der Waals surface area contributed by atoms with Gasteiger partial charge in [-0.15, -0.1) is 11.3 Å². The maximum absolute atomic E-state index is 12.8. The summed E-state index contributed by atoms with van der Waals surface area (Å²) in [6, 6.07) is 19.6. The number of aromatic nitrogens is 1. The number of ether oxygens (including phenoxy) is 2. The standard InChI is InChI=1S/C29H19N3O6S/c1-36-27(33)17-9-18(28(34)37-2)11-20(10-17)31-14-19(13-30)26-32-24(15-39-26)23-12-22-21-6-4-3-5-16(21)7-8-25(22)38-29(23)35/h3-12,14-15,31H,1-2H3/b19-14+. The number of esters is 2. The van der Waals surface area contributed by atoms with Crippen LogP contribution in [0.5, 0.6) is 0 Å². The maximum atomic E-state index is 12.8. The molecule has 0 fully saturated rings. The van der Waals surface area contributed by atoms with Crippen molar-refractivity contribution in [2.24, 2.45) is 0 Å². The lowest BCUT2D eigenvalue weighted by Crippen LogP contribution is -2.07. The van der Waals surface area contributed by atoms with Crippen LogP contribution in [0.2, 0.25) is 0 Å². The lowest BCUT2D eigenvalue weighted by molar-refractivity contribution is 0.0599. The molecule has 1 N–H and O–H groups in total. The maximum Gasteiger partial charge on any atom is 0.345 e. The van der Waals surface area contributed by atoms with Crippen LogP contribution in [0.3, 0.4) is 0 Å². The molecule has 10 heteroatoms. The molecule has 0 aliphatic rings. The van der Waals surface area contributed by atoms with Crippen LogP contribution in [0.25, 0.3) is 38.6 Å². The number of nitrogens with one attached hydrogen (secondary N) is 1. The molecule has 3 aromatic carbocycles. The Morgan fingerprint density at radius 1 is 1.00 bits per heavy atom. The smallest absolute Gasteiger partial charge is 0.345 e. The second kappa shape index (κ2) is 10.6. The number of rotatable bonds is 6. The van der Waals surface area contributed by atoms with Gasteiger partial charge in [-0.1, -0.05) is 30.3 Å². The minimum absolute atomic E-state index is 0.127. The number of benzene rings is 3. The molecule has 192 valence electrons. The van der Waals surface area contributed by atoms with Crippen molar-refractivity contribution in [3.8, 4) is 17.3 Å². The number of methoxy groups -OCH3 is 2. The van der Waals surface area contributed by atoms with E-state index in [1.165, 1.54) is 50.0 Å². The van der Waals surface area contributed by atoms with Crippen molar-refractivity contribution in [1.29, 1.82) is 5.26 Å². The molecule has 0 aliphatic heterocycles. The number of carbonyl (C=O) groups is 2. The molecular formula is C29H19N3O6S. The zero-order valence-corrected chi connectivity index (χ0v) is 21.5. The molecule has 0 amide bonds. The predicted octanol–water partition coefficient (Wildman–Crippen LogP) is 5.62. The van der Waals surface area contributed by atoms with Gasteiger partial charge in [0.15, 0.2) is 0 Å². The summed E-state index contributed by atoms with van der Waals surface area (Å²) >= 11 is 1.18. The zero-order valence-electron chi connectivity index (χ0n) is 20.7. The summed E-state index contributed by atoms with van der Waals surface area (Å²) in [6.07, 6.45) is 1.40. The first-order chi connectivity index (χ1) is 18.9. The fourth-order valence-corrected chi connectivity index (χ4v) is 4.84. The quantitative estimate of drug-likeness (QED) is 0.127. The molecule has 0 radical (unpaired) electrons. The Bertz CT molecular complexity index is 1860. The normalized spacial score (nSPS) is 11.3. The first-order valence-corrected chi connectivity index (χ1v) is 12.4. The third-order valence-corrected chi connectivity index (χ3v) is 6.81. The van der Waals surface area contributed by atoms with Crippen LogP contribution >= 0.6 is 11.3 Å². The highest BCUT2D eigenvalue weighted by Gasteiger charge is 2.16. The van der Waals surface area contributed by atoms with Crippen molar-refractivity contribution in [3.63, 3.8) is 0 Å². The number of nitrogens with zero attached hydrogens (tertiary/aromatic N) is 2. The highest BCUT2D eigenvalue weighted by Crippen LogP contribution is 2.30. The lowest BCUT2D eigenvalue weighted by Gasteiger charge is -2.08. The summed E-state index contributed by atoms with van der Waals surface area (Å²) in [6.45, 7) is 0. The summed E-state index contributed by atoms with van der Waals surface area (Å²) in [5.41, 5.74) is 1.37. The van der Waals surface area contributed by atoms with Gasteiger partial charge < -0.3 is 19.2 Å². The summed E-state index contributed by atoms with van der Waals surface area (Å²) in [4.78, 5) is 41.4. The molecule has 0 aliphatic carbocycles. The molecule has 5 aromatic rings. The monoisotopic (exact) mass is 537 g/mol. The van der Waals surface area contributed by atoms with Crippen LogP contribution in [0.1, 0.15) is 25.7 Å². The Morgan fingerprint density at radius 3 is 2.41 bits per heavy atom. The zero-order chi connectivity index (χ0) is 27.5. The molecule has 39 heavy (non-hydrogen) atoms. The summed E-state index contributed by atoms with van der Waals surface area (Å²) in [7, 11) is 2.46. The number of fused-ring (bicyclic) bond motifs is 3. The van der Waals surface area contributed by atoms with Gasteiger partial charge in [-0.05, 0) is 41.1 Å². The van der Waals surface area contributed by atoms with Gasteiger partial charge in [-0.2, -0.15) is 5.26 Å². The van der Waals surface area contributed by atoms with Gasteiger partial charge in [0.05, 0.1) is 36.6 Å². The Balaban J connectivity index is 1.49. The molecule has 2 heterocycles. The average Bonchev–Trinajstić information content (AvgIpc) is 3.45. The minimum atomic E-state index is -0.639. The minimum Gasteiger partial charge on any atom is -0.465 e. The van der Waals surface area contributed by atoms with Crippen LogP contribution in [-0.2, 0) is 9.47 Å². The van der Waals surface area contributed by atoms with Crippen LogP contribution in [0.4, 0.5) is 5.69 Å². The van der Waals surface area contributed by atoms with E-state index in [-0.39, 0.29) is 22.3 Å². The van der Waals surface area contributed by atoms with Crippen molar-refractivity contribution in [1.82, 2.24) is 4.98 Å². The number of hydrogen-bond donors (Lipinski definition) is 1. The fraction of sp³-hybridized carbons (Fsp3) is 0.0690. The first kappa shape index (κ1) is 25.4. The van der Waals surface area contributed by atoms with E-state index in [0.717, 1.165) is 16.2 Å². The van der Waals surface area contributed by atoms with Crippen LogP contribution in [0, 0.1) is 11.3 Å². The number of anilines is 1. The van der Waals surface area contributed by atoms with Crippen molar-refractivity contribution < 1.29 is 23.5 Å². The van der Waals surface area contributed by atoms with E-state index >= 15 is 0 Å². The van der Waals surface area contributed by atoms with E-state index in [0.29, 0.717) is 22.0 Å². The van der Waals surface area contributed by atoms with Gasteiger partial charge in [0.2, 0.25) is 0 Å². The van der Waals surface area contributed by atoms with Gasteiger partial charge in [0.25, 0.3) is 0 Å². The molecule has 0 saturated carbocycles. The summed E-state index contributed by atoms with van der Waals surface area (Å²) in [5.74, 6) is -1.28. The van der Waals surface area contributed by atoms with Gasteiger partial charge in [-0.25, -0.2) is 19.4 Å². The number of carbonyl (C=O) groups excluding carboxylic acids is 2. The highest BCUT2D eigenvalue weighted by atomic mass is 32.1. The van der Waals surface area contributed by atoms with Gasteiger partial charge >= 0.3 is 17.6 Å². The predicted molar refractivity (Wildman–Crippen MR) is 147 cm³/mol. The Hall–Kier alpha value is -5.27. The van der Waals surface area contributed by atoms with E-state index in [9.17, 15) is 19.6 Å². The number of nitriles is 1. The Labute approximate surface area is 225 Å². The van der Waals surface area contributed by atoms with Gasteiger partial charge in [-0.3, -0.25) is 0 Å². The van der Waals surface area contributed by atoms with E-state index < -0.39 is 17.6 Å². The second-order valence-corrected chi connectivity index (χ2v) is 9.14. The van der Waals surface area contributed by atoms with E-state index in [2.05, 4.69) is 16.4 Å². The molecule has 0 atom stereocenters. The molecule has 5 rings (SSSR count). The topological polar surface area (TPSA) is 132 Å². The van der Waals surface area contributed by atoms with Gasteiger partial charge in [0.1, 0.15) is 22.2 Å². The third kappa shape index (κ3) is 4.99. The van der Waals surface area contributed by atoms with Crippen LogP contribution in [0.15, 0.2) is 81.5 Å². The van der Waals surface area contributed by atoms with E-state index in [1.54, 1.807) is 17.5 Å².